The molecular formula is C42H77O10P. The molecule has 0 saturated carbocycles. The van der Waals surface area contributed by atoms with E-state index in [2.05, 4.69) is 48.8 Å². The van der Waals surface area contributed by atoms with Crippen LogP contribution in [0.4, 0.5) is 0 Å². The number of carbonyl (C=O) groups is 2. The molecule has 0 aliphatic rings. The molecule has 0 aromatic rings. The molecule has 3 N–H and O–H groups in total. The number of carbonyl (C=O) groups excluding carboxylic acids is 2. The van der Waals surface area contributed by atoms with Crippen LogP contribution in [0.15, 0.2) is 36.5 Å². The highest BCUT2D eigenvalue weighted by Crippen LogP contribution is 2.43. The fourth-order valence-corrected chi connectivity index (χ4v) is 6.29. The number of aliphatic hydroxyl groups is 2. The monoisotopic (exact) mass is 773 g/mol. The van der Waals surface area contributed by atoms with Gasteiger partial charge in [-0.15, -0.1) is 0 Å². The Balaban J connectivity index is 4.39. The van der Waals surface area contributed by atoms with Crippen LogP contribution in [-0.4, -0.2) is 65.7 Å². The summed E-state index contributed by atoms with van der Waals surface area (Å²) in [6.07, 6.45) is 38.3. The van der Waals surface area contributed by atoms with Crippen LogP contribution in [-0.2, 0) is 32.7 Å². The molecule has 0 heterocycles. The molecule has 0 radical (unpaired) electrons. The van der Waals surface area contributed by atoms with Crippen LogP contribution < -0.4 is 0 Å². The molecule has 53 heavy (non-hydrogen) atoms. The van der Waals surface area contributed by atoms with Crippen LogP contribution in [0.1, 0.15) is 181 Å². The Morgan fingerprint density at radius 1 is 0.566 bits per heavy atom. The number of phosphoric acid groups is 1. The van der Waals surface area contributed by atoms with Crippen molar-refractivity contribution in [3.8, 4) is 0 Å². The predicted molar refractivity (Wildman–Crippen MR) is 214 cm³/mol. The molecule has 0 aliphatic heterocycles. The standard InChI is InChI=1S/C42H77O10P/c1-3-5-7-9-11-13-15-17-18-19-20-22-24-26-28-30-32-34-42(46)52-40(38-51-53(47,48)50-36-39(44)35-43)37-49-41(45)33-31-29-27-25-23-21-16-14-12-10-8-6-4-2/h14,16,20,22,26,28,39-40,43-44H,3-13,15,17-19,21,23-25,27,29-38H2,1-2H3,(H,47,48)/b16-14+,22-20+,28-26+/t39-,40+/m0/s1. The van der Waals surface area contributed by atoms with Crippen LogP contribution >= 0.6 is 7.82 Å². The average molecular weight is 773 g/mol. The van der Waals surface area contributed by atoms with Gasteiger partial charge in [-0.25, -0.2) is 4.57 Å². The first kappa shape index (κ1) is 51.2. The van der Waals surface area contributed by atoms with Crippen molar-refractivity contribution in [2.45, 2.75) is 193 Å². The van der Waals surface area contributed by atoms with Gasteiger partial charge in [0.15, 0.2) is 6.10 Å². The molecular weight excluding hydrogens is 695 g/mol. The van der Waals surface area contributed by atoms with E-state index in [0.29, 0.717) is 19.3 Å². The van der Waals surface area contributed by atoms with Crippen molar-refractivity contribution in [2.24, 2.45) is 0 Å². The summed E-state index contributed by atoms with van der Waals surface area (Å²) in [5, 5.41) is 18.3. The molecule has 0 amide bonds. The van der Waals surface area contributed by atoms with Crippen molar-refractivity contribution in [1.29, 1.82) is 0 Å². The molecule has 11 heteroatoms. The lowest BCUT2D eigenvalue weighted by Crippen LogP contribution is -2.29. The zero-order valence-electron chi connectivity index (χ0n) is 33.5. The first-order chi connectivity index (χ1) is 25.7. The molecule has 3 atom stereocenters. The van der Waals surface area contributed by atoms with Crippen LogP contribution in [0.2, 0.25) is 0 Å². The summed E-state index contributed by atoms with van der Waals surface area (Å²) in [5.74, 6) is -0.987. The maximum atomic E-state index is 12.6. The van der Waals surface area contributed by atoms with Crippen molar-refractivity contribution >= 4 is 19.8 Å². The second kappa shape index (κ2) is 38.5. The lowest BCUT2D eigenvalue weighted by Gasteiger charge is -2.20. The Hall–Kier alpha value is -1.81. The molecule has 0 saturated heterocycles. The Morgan fingerprint density at radius 2 is 1.00 bits per heavy atom. The van der Waals surface area contributed by atoms with E-state index in [0.717, 1.165) is 51.4 Å². The van der Waals surface area contributed by atoms with Crippen molar-refractivity contribution < 1.29 is 47.8 Å². The summed E-state index contributed by atoms with van der Waals surface area (Å²) >= 11 is 0. The number of unbranched alkanes of at least 4 members (excludes halogenated alkanes) is 19. The normalized spacial score (nSPS) is 14.3. The quantitative estimate of drug-likeness (QED) is 0.0238. The largest absolute Gasteiger partial charge is 0.472 e. The van der Waals surface area contributed by atoms with E-state index in [-0.39, 0.29) is 19.4 Å². The molecule has 0 aromatic carbocycles. The third-order valence-electron chi connectivity index (χ3n) is 8.77. The predicted octanol–water partition coefficient (Wildman–Crippen LogP) is 10.8. The third-order valence-corrected chi connectivity index (χ3v) is 9.72. The number of rotatable bonds is 39. The number of esters is 2. The van der Waals surface area contributed by atoms with Crippen molar-refractivity contribution in [1.82, 2.24) is 0 Å². The molecule has 310 valence electrons. The lowest BCUT2D eigenvalue weighted by atomic mass is 10.1. The van der Waals surface area contributed by atoms with Crippen molar-refractivity contribution in [3.05, 3.63) is 36.5 Å². The molecule has 0 rings (SSSR count). The van der Waals surface area contributed by atoms with E-state index in [1.807, 2.05) is 6.08 Å². The molecule has 0 aliphatic carbocycles. The molecule has 1 unspecified atom stereocenters. The van der Waals surface area contributed by atoms with E-state index in [4.69, 9.17) is 19.1 Å². The Kier molecular flexibility index (Phi) is 37.2. The number of hydrogen-bond acceptors (Lipinski definition) is 9. The number of ether oxygens (including phenoxy) is 2. The summed E-state index contributed by atoms with van der Waals surface area (Å²) in [5.41, 5.74) is 0. The van der Waals surface area contributed by atoms with Gasteiger partial charge in [-0.3, -0.25) is 18.6 Å². The molecule has 0 fully saturated rings. The third kappa shape index (κ3) is 38.3. The fourth-order valence-electron chi connectivity index (χ4n) is 5.50. The van der Waals surface area contributed by atoms with Gasteiger partial charge >= 0.3 is 19.8 Å². The number of phosphoric ester groups is 1. The number of hydrogen-bond donors (Lipinski definition) is 3. The number of aliphatic hydroxyl groups excluding tert-OH is 2. The zero-order chi connectivity index (χ0) is 39.1. The van der Waals surface area contributed by atoms with E-state index in [1.165, 1.54) is 83.5 Å². The SMILES string of the molecule is CCCCCC/C=C/CCCCCCCC(=O)OC[C@H](COP(=O)(O)OC[C@@H](O)CO)OC(=O)CCC/C=C/C/C=C/CCCCCCCCCCC. The van der Waals surface area contributed by atoms with Gasteiger partial charge in [-0.2, -0.15) is 0 Å². The summed E-state index contributed by atoms with van der Waals surface area (Å²) in [7, 11) is -4.63. The van der Waals surface area contributed by atoms with Gasteiger partial charge in [0.25, 0.3) is 0 Å². The Morgan fingerprint density at radius 3 is 1.55 bits per heavy atom. The van der Waals surface area contributed by atoms with E-state index in [9.17, 15) is 24.2 Å². The minimum atomic E-state index is -4.63. The average Bonchev–Trinajstić information content (AvgIpc) is 3.14. The van der Waals surface area contributed by atoms with E-state index < -0.39 is 51.8 Å². The maximum Gasteiger partial charge on any atom is 0.472 e. The van der Waals surface area contributed by atoms with Gasteiger partial charge in [0.2, 0.25) is 0 Å². The van der Waals surface area contributed by atoms with Gasteiger partial charge in [-0.1, -0.05) is 140 Å². The summed E-state index contributed by atoms with van der Waals surface area (Å²) in [6, 6.07) is 0. The molecule has 0 spiro atoms. The molecule has 10 nitrogen and oxygen atoms in total. The van der Waals surface area contributed by atoms with Crippen LogP contribution in [0, 0.1) is 0 Å². The first-order valence-corrected chi connectivity index (χ1v) is 22.4. The smallest absolute Gasteiger partial charge is 0.462 e. The first-order valence-electron chi connectivity index (χ1n) is 20.9. The highest BCUT2D eigenvalue weighted by Gasteiger charge is 2.27. The number of allylic oxidation sites excluding steroid dienone is 6. The van der Waals surface area contributed by atoms with Gasteiger partial charge < -0.3 is 24.6 Å². The summed E-state index contributed by atoms with van der Waals surface area (Å²) in [4.78, 5) is 34.9. The van der Waals surface area contributed by atoms with Crippen LogP contribution in [0.25, 0.3) is 0 Å². The maximum absolute atomic E-state index is 12.6. The van der Waals surface area contributed by atoms with Gasteiger partial charge in [0, 0.05) is 12.8 Å². The minimum Gasteiger partial charge on any atom is -0.462 e. The highest BCUT2D eigenvalue weighted by atomic mass is 31.2. The minimum absolute atomic E-state index is 0.119. The van der Waals surface area contributed by atoms with Gasteiger partial charge in [-0.05, 0) is 64.2 Å². The Labute approximate surface area is 322 Å². The summed E-state index contributed by atoms with van der Waals surface area (Å²) < 4.78 is 32.6. The summed E-state index contributed by atoms with van der Waals surface area (Å²) in [6.45, 7) is 2.30. The second-order valence-corrected chi connectivity index (χ2v) is 15.5. The van der Waals surface area contributed by atoms with E-state index in [1.54, 1.807) is 0 Å². The fraction of sp³-hybridized carbons (Fsp3) is 0.810. The molecule has 0 bridgehead atoms. The lowest BCUT2D eigenvalue weighted by molar-refractivity contribution is -0.161. The second-order valence-electron chi connectivity index (χ2n) is 14.0. The highest BCUT2D eigenvalue weighted by molar-refractivity contribution is 7.47. The molecule has 0 aromatic heterocycles. The van der Waals surface area contributed by atoms with Gasteiger partial charge in [0.1, 0.15) is 12.7 Å². The van der Waals surface area contributed by atoms with E-state index >= 15 is 0 Å². The van der Waals surface area contributed by atoms with Crippen molar-refractivity contribution in [2.75, 3.05) is 26.4 Å². The van der Waals surface area contributed by atoms with Crippen molar-refractivity contribution in [3.63, 3.8) is 0 Å². The van der Waals surface area contributed by atoms with Crippen LogP contribution in [0.3, 0.4) is 0 Å². The van der Waals surface area contributed by atoms with Crippen LogP contribution in [0.5, 0.6) is 0 Å². The zero-order valence-corrected chi connectivity index (χ0v) is 34.4. The Bertz CT molecular complexity index is 983. The van der Waals surface area contributed by atoms with Gasteiger partial charge in [0.05, 0.1) is 19.8 Å². The topological polar surface area (TPSA) is 149 Å².